The Hall–Kier alpha value is -6.65. The summed E-state index contributed by atoms with van der Waals surface area (Å²) in [5.74, 6) is 0.910. The molecule has 49 heavy (non-hydrogen) atoms. The average Bonchev–Trinajstić information content (AvgIpc) is 3.80. The Morgan fingerprint density at radius 3 is 1.20 bits per heavy atom. The Kier molecular flexibility index (Phi) is 5.35. The Morgan fingerprint density at radius 1 is 0.306 bits per heavy atom. The largest absolute Gasteiger partial charge is 0.309 e. The van der Waals surface area contributed by atoms with E-state index in [-0.39, 0.29) is 0 Å². The molecule has 0 spiro atoms. The van der Waals surface area contributed by atoms with Gasteiger partial charge < -0.3 is 9.13 Å². The third-order valence-corrected chi connectivity index (χ3v) is 10.2. The van der Waals surface area contributed by atoms with E-state index in [9.17, 15) is 0 Å². The van der Waals surface area contributed by atoms with Gasteiger partial charge in [-0.2, -0.15) is 0 Å². The highest BCUT2D eigenvalue weighted by molar-refractivity contribution is 6.14. The lowest BCUT2D eigenvalue weighted by molar-refractivity contribution is 1.10. The van der Waals surface area contributed by atoms with Gasteiger partial charge in [0.25, 0.3) is 0 Å². The van der Waals surface area contributed by atoms with Crippen molar-refractivity contribution in [3.8, 4) is 17.2 Å². The first kappa shape index (κ1) is 26.4. The van der Waals surface area contributed by atoms with Crippen molar-refractivity contribution in [2.45, 2.75) is 0 Å². The van der Waals surface area contributed by atoms with Crippen molar-refractivity contribution < 1.29 is 0 Å². The first-order valence-electron chi connectivity index (χ1n) is 16.7. The highest BCUT2D eigenvalue weighted by Crippen LogP contribution is 2.39. The van der Waals surface area contributed by atoms with Gasteiger partial charge in [-0.15, -0.1) is 0 Å². The molecule has 4 nitrogen and oxygen atoms in total. The van der Waals surface area contributed by atoms with E-state index < -0.39 is 0 Å². The van der Waals surface area contributed by atoms with Gasteiger partial charge in [0.2, 0.25) is 0 Å². The molecule has 0 aliphatic carbocycles. The minimum Gasteiger partial charge on any atom is -0.309 e. The number of rotatable bonds is 3. The second-order valence-electron chi connectivity index (χ2n) is 12.8. The van der Waals surface area contributed by atoms with Crippen LogP contribution in [0.25, 0.3) is 93.5 Å². The van der Waals surface area contributed by atoms with Crippen LogP contribution in [0.1, 0.15) is 0 Å². The predicted molar refractivity (Wildman–Crippen MR) is 205 cm³/mol. The molecular weight excluding hydrogens is 597 g/mol. The van der Waals surface area contributed by atoms with Crippen LogP contribution in [-0.2, 0) is 0 Å². The van der Waals surface area contributed by atoms with Crippen molar-refractivity contribution in [1.82, 2.24) is 18.7 Å². The monoisotopic (exact) mass is 624 g/mol. The maximum atomic E-state index is 5.18. The van der Waals surface area contributed by atoms with Crippen molar-refractivity contribution in [2.24, 2.45) is 0 Å². The fourth-order valence-electron chi connectivity index (χ4n) is 8.11. The van der Waals surface area contributed by atoms with Crippen LogP contribution in [-0.4, -0.2) is 18.7 Å². The summed E-state index contributed by atoms with van der Waals surface area (Å²) in [6.45, 7) is 0. The Labute approximate surface area is 281 Å². The van der Waals surface area contributed by atoms with Crippen molar-refractivity contribution in [2.75, 3.05) is 0 Å². The van der Waals surface area contributed by atoms with Crippen LogP contribution in [0, 0.1) is 0 Å². The molecule has 0 unspecified atom stereocenters. The number of nitrogens with zero attached hydrogens (tertiary/aromatic N) is 4. The molecule has 0 aliphatic rings. The summed E-state index contributed by atoms with van der Waals surface area (Å²) in [4.78, 5) is 5.18. The van der Waals surface area contributed by atoms with Crippen molar-refractivity contribution in [3.63, 3.8) is 0 Å². The van der Waals surface area contributed by atoms with Gasteiger partial charge in [0.1, 0.15) is 5.82 Å². The fraction of sp³-hybridized carbons (Fsp3) is 0. The van der Waals surface area contributed by atoms with Crippen molar-refractivity contribution >= 4 is 76.3 Å². The van der Waals surface area contributed by atoms with Crippen LogP contribution < -0.4 is 0 Å². The topological polar surface area (TPSA) is 27.7 Å². The Balaban J connectivity index is 1.24. The molecule has 4 aromatic heterocycles. The highest BCUT2D eigenvalue weighted by Gasteiger charge is 2.19. The summed E-state index contributed by atoms with van der Waals surface area (Å²) in [6, 6.07) is 61.3. The van der Waals surface area contributed by atoms with Crippen LogP contribution in [0.4, 0.5) is 0 Å². The molecule has 11 rings (SSSR count). The SMILES string of the molecule is c1ccc2nc(-n3c4ccc(-n5c6ccccc6c6ccccc65)cc4c4cc(-n5c6ccccc6c6ccccc65)ccc43)ccc2c1. The third-order valence-electron chi connectivity index (χ3n) is 10.2. The zero-order valence-corrected chi connectivity index (χ0v) is 26.5. The van der Waals surface area contributed by atoms with E-state index in [4.69, 9.17) is 4.98 Å². The minimum atomic E-state index is 0.910. The molecule has 0 N–H and O–H groups in total. The zero-order valence-electron chi connectivity index (χ0n) is 26.5. The van der Waals surface area contributed by atoms with Crippen LogP contribution in [0.3, 0.4) is 0 Å². The lowest BCUT2D eigenvalue weighted by atomic mass is 10.1. The second-order valence-corrected chi connectivity index (χ2v) is 12.8. The molecule has 0 saturated heterocycles. The third kappa shape index (κ3) is 3.71. The van der Waals surface area contributed by atoms with Gasteiger partial charge in [-0.1, -0.05) is 91.0 Å². The lowest BCUT2D eigenvalue weighted by Crippen LogP contribution is -1.98. The molecule has 0 radical (unpaired) electrons. The summed E-state index contributed by atoms with van der Waals surface area (Å²) in [5, 5.41) is 8.54. The van der Waals surface area contributed by atoms with Gasteiger partial charge in [0.15, 0.2) is 0 Å². The summed E-state index contributed by atoms with van der Waals surface area (Å²) < 4.78 is 7.12. The van der Waals surface area contributed by atoms with Gasteiger partial charge >= 0.3 is 0 Å². The number of pyridine rings is 1. The second kappa shape index (κ2) is 9.93. The normalized spacial score (nSPS) is 12.1. The van der Waals surface area contributed by atoms with Crippen LogP contribution in [0.5, 0.6) is 0 Å². The fourth-order valence-corrected chi connectivity index (χ4v) is 8.11. The predicted octanol–water partition coefficient (Wildman–Crippen LogP) is 11.5. The average molecular weight is 625 g/mol. The molecule has 11 aromatic rings. The number of aromatic nitrogens is 4. The van der Waals surface area contributed by atoms with Gasteiger partial charge in [-0.25, -0.2) is 4.98 Å². The van der Waals surface area contributed by atoms with Crippen molar-refractivity contribution in [1.29, 1.82) is 0 Å². The number of fused-ring (bicyclic) bond motifs is 10. The van der Waals surface area contributed by atoms with Crippen LogP contribution in [0.2, 0.25) is 0 Å². The first-order chi connectivity index (χ1) is 24.3. The van der Waals surface area contributed by atoms with E-state index in [1.54, 1.807) is 0 Å². The molecule has 228 valence electrons. The molecule has 0 amide bonds. The standard InChI is InChI=1S/C45H28N4/c1-6-16-38-29(11-1)21-26-45(46-38)49-43-24-22-30(47-39-17-7-2-12-32(39)33-13-3-8-18-40(33)47)27-36(43)37-28-31(23-25-44(37)49)48-41-19-9-4-14-34(41)35-15-5-10-20-42(35)48/h1-28H. The molecule has 0 fully saturated rings. The molecule has 0 atom stereocenters. The van der Waals surface area contributed by atoms with Gasteiger partial charge in [-0.3, -0.25) is 4.57 Å². The van der Waals surface area contributed by atoms with Gasteiger partial charge in [0, 0.05) is 49.1 Å². The molecular formula is C45H28N4. The van der Waals surface area contributed by atoms with Gasteiger partial charge in [0.05, 0.1) is 38.6 Å². The molecule has 4 heteroatoms. The molecule has 0 bridgehead atoms. The summed E-state index contributed by atoms with van der Waals surface area (Å²) in [6.07, 6.45) is 0. The number of hydrogen-bond acceptors (Lipinski definition) is 1. The van der Waals surface area contributed by atoms with E-state index in [0.29, 0.717) is 0 Å². The van der Waals surface area contributed by atoms with Gasteiger partial charge in [-0.05, 0) is 78.9 Å². The highest BCUT2D eigenvalue weighted by atomic mass is 15.1. The smallest absolute Gasteiger partial charge is 0.138 e. The zero-order chi connectivity index (χ0) is 32.1. The lowest BCUT2D eigenvalue weighted by Gasteiger charge is -2.10. The number of benzene rings is 7. The first-order valence-corrected chi connectivity index (χ1v) is 16.7. The van der Waals surface area contributed by atoms with E-state index in [2.05, 4.69) is 184 Å². The minimum absolute atomic E-state index is 0.910. The Morgan fingerprint density at radius 2 is 0.714 bits per heavy atom. The number of para-hydroxylation sites is 5. The molecule has 0 aliphatic heterocycles. The van der Waals surface area contributed by atoms with E-state index in [1.807, 2.05) is 0 Å². The molecule has 0 saturated carbocycles. The maximum absolute atomic E-state index is 5.18. The number of hydrogen-bond donors (Lipinski definition) is 0. The molecule has 7 aromatic carbocycles. The molecule has 4 heterocycles. The van der Waals surface area contributed by atoms with E-state index >= 15 is 0 Å². The van der Waals surface area contributed by atoms with E-state index in [1.165, 1.54) is 54.4 Å². The van der Waals surface area contributed by atoms with Crippen molar-refractivity contribution in [3.05, 3.63) is 170 Å². The summed E-state index contributed by atoms with van der Waals surface area (Å²) >= 11 is 0. The maximum Gasteiger partial charge on any atom is 0.138 e. The van der Waals surface area contributed by atoms with E-state index in [0.717, 1.165) is 39.1 Å². The van der Waals surface area contributed by atoms with Crippen LogP contribution >= 0.6 is 0 Å². The van der Waals surface area contributed by atoms with Crippen LogP contribution in [0.15, 0.2) is 170 Å². The Bertz CT molecular complexity index is 2840. The quantitative estimate of drug-likeness (QED) is 0.192. The summed E-state index contributed by atoms with van der Waals surface area (Å²) in [5.41, 5.74) is 10.3. The summed E-state index contributed by atoms with van der Waals surface area (Å²) in [7, 11) is 0.